The molecule has 1 aliphatic rings. The summed E-state index contributed by atoms with van der Waals surface area (Å²) < 4.78 is 4.89. The summed E-state index contributed by atoms with van der Waals surface area (Å²) >= 11 is 5.91. The summed E-state index contributed by atoms with van der Waals surface area (Å²) in [6.07, 6.45) is 0.410. The van der Waals surface area contributed by atoms with Crippen LogP contribution in [-0.4, -0.2) is 11.0 Å². The molecule has 0 aromatic heterocycles. The van der Waals surface area contributed by atoms with E-state index in [4.69, 9.17) is 16.3 Å². The van der Waals surface area contributed by atoms with Crippen molar-refractivity contribution in [1.82, 2.24) is 0 Å². The van der Waals surface area contributed by atoms with Gasteiger partial charge in [0, 0.05) is 5.41 Å². The molecule has 1 rings (SSSR count). The van der Waals surface area contributed by atoms with Crippen molar-refractivity contribution in [1.29, 1.82) is 0 Å². The molecule has 58 valence electrons. The number of carbonyl (C=O) groups excluding carboxylic acids is 1. The number of hydrogen-bond donors (Lipinski definition) is 0. The van der Waals surface area contributed by atoms with Gasteiger partial charge in [0.15, 0.2) is 5.06 Å². The zero-order chi connectivity index (χ0) is 7.99. The Bertz CT molecular complexity index is 154. The molecule has 0 radical (unpaired) electrons. The van der Waals surface area contributed by atoms with Crippen LogP contribution < -0.4 is 0 Å². The van der Waals surface area contributed by atoms with Gasteiger partial charge in [-0.15, -0.1) is 0 Å². The van der Waals surface area contributed by atoms with Crippen molar-refractivity contribution < 1.29 is 9.53 Å². The highest BCUT2D eigenvalue weighted by Gasteiger charge is 2.50. The number of ether oxygens (including phenoxy) is 1. The summed E-state index contributed by atoms with van der Waals surface area (Å²) in [7, 11) is 0. The van der Waals surface area contributed by atoms with E-state index in [0.29, 0.717) is 6.42 Å². The lowest BCUT2D eigenvalue weighted by Gasteiger charge is -2.28. The van der Waals surface area contributed by atoms with Crippen LogP contribution in [0.25, 0.3) is 0 Å². The van der Waals surface area contributed by atoms with E-state index in [9.17, 15) is 4.79 Å². The first-order valence-electron chi connectivity index (χ1n) is 3.26. The van der Waals surface area contributed by atoms with Crippen LogP contribution in [-0.2, 0) is 9.53 Å². The van der Waals surface area contributed by atoms with E-state index in [2.05, 4.69) is 0 Å². The maximum atomic E-state index is 10.8. The quantitative estimate of drug-likeness (QED) is 0.402. The van der Waals surface area contributed by atoms with Crippen molar-refractivity contribution in [2.45, 2.75) is 32.3 Å². The van der Waals surface area contributed by atoms with E-state index in [0.717, 1.165) is 0 Å². The molecule has 0 spiro atoms. The van der Waals surface area contributed by atoms with E-state index in [1.54, 1.807) is 6.92 Å². The van der Waals surface area contributed by atoms with Gasteiger partial charge < -0.3 is 4.74 Å². The molecule has 1 aliphatic heterocycles. The van der Waals surface area contributed by atoms with Gasteiger partial charge in [0.1, 0.15) is 0 Å². The average molecular weight is 163 g/mol. The maximum absolute atomic E-state index is 10.8. The van der Waals surface area contributed by atoms with Gasteiger partial charge in [-0.3, -0.25) is 4.79 Å². The smallest absolute Gasteiger partial charge is 0.308 e. The highest BCUT2D eigenvalue weighted by atomic mass is 35.5. The fraction of sp³-hybridized carbons (Fsp3) is 0.857. The summed E-state index contributed by atoms with van der Waals surface area (Å²) in [5.41, 5.74) is -0.244. The summed E-state index contributed by atoms with van der Waals surface area (Å²) in [6, 6.07) is 0. The Kier molecular flexibility index (Phi) is 1.48. The van der Waals surface area contributed by atoms with Crippen LogP contribution in [0.1, 0.15) is 27.2 Å². The van der Waals surface area contributed by atoms with Gasteiger partial charge in [0.25, 0.3) is 0 Å². The molecule has 0 amide bonds. The van der Waals surface area contributed by atoms with E-state index in [1.807, 2.05) is 13.8 Å². The van der Waals surface area contributed by atoms with Crippen molar-refractivity contribution >= 4 is 17.6 Å². The third-order valence-electron chi connectivity index (χ3n) is 2.10. The van der Waals surface area contributed by atoms with Gasteiger partial charge in [-0.2, -0.15) is 0 Å². The third kappa shape index (κ3) is 1.01. The van der Waals surface area contributed by atoms with Crippen molar-refractivity contribution in [2.75, 3.05) is 0 Å². The van der Waals surface area contributed by atoms with Crippen LogP contribution >= 0.6 is 11.6 Å². The lowest BCUT2D eigenvalue weighted by molar-refractivity contribution is -0.143. The molecule has 1 heterocycles. The third-order valence-corrected chi connectivity index (χ3v) is 2.69. The Morgan fingerprint density at radius 1 is 1.50 bits per heavy atom. The van der Waals surface area contributed by atoms with Gasteiger partial charge >= 0.3 is 5.97 Å². The normalized spacial score (nSPS) is 37.8. The molecule has 0 aliphatic carbocycles. The van der Waals surface area contributed by atoms with E-state index in [-0.39, 0.29) is 11.4 Å². The second kappa shape index (κ2) is 1.88. The monoisotopic (exact) mass is 162 g/mol. The molecule has 10 heavy (non-hydrogen) atoms. The predicted octanol–water partition coefficient (Wildman–Crippen LogP) is 1.91. The minimum atomic E-state index is -0.815. The zero-order valence-electron chi connectivity index (χ0n) is 6.40. The molecule has 0 saturated carbocycles. The van der Waals surface area contributed by atoms with Crippen LogP contribution in [0, 0.1) is 5.41 Å². The van der Waals surface area contributed by atoms with Crippen LogP contribution in [0.4, 0.5) is 0 Å². The Morgan fingerprint density at radius 2 is 2.00 bits per heavy atom. The van der Waals surface area contributed by atoms with E-state index in [1.165, 1.54) is 0 Å². The van der Waals surface area contributed by atoms with Crippen molar-refractivity contribution in [3.8, 4) is 0 Å². The number of esters is 1. The van der Waals surface area contributed by atoms with Gasteiger partial charge in [0.2, 0.25) is 0 Å². The summed E-state index contributed by atoms with van der Waals surface area (Å²) in [4.78, 5) is 10.8. The molecular formula is C7H11ClO2. The molecule has 1 unspecified atom stereocenters. The largest absolute Gasteiger partial charge is 0.443 e. The summed E-state index contributed by atoms with van der Waals surface area (Å²) in [5.74, 6) is -0.206. The van der Waals surface area contributed by atoms with Crippen LogP contribution in [0.15, 0.2) is 0 Å². The number of cyclic esters (lactones) is 1. The molecule has 0 aromatic rings. The van der Waals surface area contributed by atoms with Gasteiger partial charge in [-0.1, -0.05) is 25.4 Å². The average Bonchev–Trinajstić information content (AvgIpc) is 1.73. The second-order valence-corrected chi connectivity index (χ2v) is 4.17. The van der Waals surface area contributed by atoms with Crippen molar-refractivity contribution in [3.05, 3.63) is 0 Å². The summed E-state index contributed by atoms with van der Waals surface area (Å²) in [5, 5.41) is -0.815. The van der Waals surface area contributed by atoms with E-state index < -0.39 is 5.06 Å². The number of alkyl halides is 1. The second-order valence-electron chi connectivity index (χ2n) is 3.45. The molecule has 2 nitrogen and oxygen atoms in total. The molecule has 1 atom stereocenters. The van der Waals surface area contributed by atoms with Crippen LogP contribution in [0.3, 0.4) is 0 Å². The van der Waals surface area contributed by atoms with Crippen LogP contribution in [0.5, 0.6) is 0 Å². The summed E-state index contributed by atoms with van der Waals surface area (Å²) in [6.45, 7) is 5.56. The Morgan fingerprint density at radius 3 is 2.10 bits per heavy atom. The zero-order valence-corrected chi connectivity index (χ0v) is 7.16. The van der Waals surface area contributed by atoms with Gasteiger partial charge in [-0.25, -0.2) is 0 Å². The fourth-order valence-electron chi connectivity index (χ4n) is 0.907. The van der Waals surface area contributed by atoms with Gasteiger partial charge in [-0.05, 0) is 6.92 Å². The Balaban J connectivity index is 2.88. The molecule has 0 aromatic carbocycles. The minimum Gasteiger partial charge on any atom is -0.443 e. The first kappa shape index (κ1) is 7.86. The Hall–Kier alpha value is -0.240. The highest BCUT2D eigenvalue weighted by molar-refractivity contribution is 6.24. The Labute approximate surface area is 65.5 Å². The molecule has 3 heteroatoms. The molecule has 0 N–H and O–H groups in total. The SMILES string of the molecule is CC1(C)CC(=O)OC1(C)Cl. The number of rotatable bonds is 0. The number of hydrogen-bond acceptors (Lipinski definition) is 2. The van der Waals surface area contributed by atoms with Crippen molar-refractivity contribution in [2.24, 2.45) is 5.41 Å². The lowest BCUT2D eigenvalue weighted by Crippen LogP contribution is -2.31. The molecular weight excluding hydrogens is 152 g/mol. The van der Waals surface area contributed by atoms with Gasteiger partial charge in [0.05, 0.1) is 6.42 Å². The molecule has 0 bridgehead atoms. The first-order chi connectivity index (χ1) is 4.35. The maximum Gasteiger partial charge on any atom is 0.308 e. The predicted molar refractivity (Wildman–Crippen MR) is 38.7 cm³/mol. The number of carbonyl (C=O) groups is 1. The highest BCUT2D eigenvalue weighted by Crippen LogP contribution is 2.46. The number of halogens is 1. The fourth-order valence-corrected chi connectivity index (χ4v) is 1.06. The van der Waals surface area contributed by atoms with E-state index >= 15 is 0 Å². The standard InChI is InChI=1S/C7H11ClO2/c1-6(2)4-5(9)10-7(6,3)8/h4H2,1-3H3. The van der Waals surface area contributed by atoms with Crippen molar-refractivity contribution in [3.63, 3.8) is 0 Å². The minimum absolute atomic E-state index is 0.206. The molecule has 1 fully saturated rings. The first-order valence-corrected chi connectivity index (χ1v) is 3.64. The van der Waals surface area contributed by atoms with Crippen LogP contribution in [0.2, 0.25) is 0 Å². The molecule has 1 saturated heterocycles. The lowest BCUT2D eigenvalue weighted by atomic mass is 9.86. The topological polar surface area (TPSA) is 26.3 Å².